The average Bonchev–Trinajstić information content (AvgIpc) is 2.58. The van der Waals surface area contributed by atoms with Crippen molar-refractivity contribution < 1.29 is 9.59 Å². The van der Waals surface area contributed by atoms with Crippen LogP contribution in [0.3, 0.4) is 0 Å². The number of rotatable bonds is 2. The van der Waals surface area contributed by atoms with Crippen LogP contribution in [0.1, 0.15) is 0 Å². The van der Waals surface area contributed by atoms with E-state index in [1.54, 1.807) is 11.8 Å². The quantitative estimate of drug-likeness (QED) is 0.609. The first-order chi connectivity index (χ1) is 7.20. The topological polar surface area (TPSA) is 49.4 Å². The first-order valence-electron chi connectivity index (χ1n) is 4.46. The van der Waals surface area contributed by atoms with Gasteiger partial charge in [0.1, 0.15) is 6.54 Å². The Kier molecular flexibility index (Phi) is 2.64. The summed E-state index contributed by atoms with van der Waals surface area (Å²) < 4.78 is 0. The van der Waals surface area contributed by atoms with Gasteiger partial charge in [0.15, 0.2) is 0 Å². The number of amides is 3. The molecule has 0 unspecified atom stereocenters. The summed E-state index contributed by atoms with van der Waals surface area (Å²) in [7, 11) is 0. The van der Waals surface area contributed by atoms with Crippen LogP contribution in [0.25, 0.3) is 0 Å². The molecule has 1 aromatic rings. The van der Waals surface area contributed by atoms with E-state index in [9.17, 15) is 9.59 Å². The van der Waals surface area contributed by atoms with E-state index in [2.05, 4.69) is 5.32 Å². The zero-order valence-electron chi connectivity index (χ0n) is 8.19. The molecule has 1 aliphatic heterocycles. The summed E-state index contributed by atoms with van der Waals surface area (Å²) in [5.41, 5.74) is 0.755. The number of imide groups is 1. The maximum absolute atomic E-state index is 11.4. The highest BCUT2D eigenvalue weighted by atomic mass is 32.2. The second-order valence-corrected chi connectivity index (χ2v) is 4.02. The third-order valence-corrected chi connectivity index (χ3v) is 2.88. The lowest BCUT2D eigenvalue weighted by Crippen LogP contribution is -2.27. The summed E-state index contributed by atoms with van der Waals surface area (Å²) in [6, 6.07) is 7.19. The molecule has 0 saturated carbocycles. The van der Waals surface area contributed by atoms with Gasteiger partial charge in [-0.15, -0.1) is 11.8 Å². The predicted molar refractivity (Wildman–Crippen MR) is 59.1 cm³/mol. The summed E-state index contributed by atoms with van der Waals surface area (Å²) in [5.74, 6) is -0.255. The largest absolute Gasteiger partial charge is 0.329 e. The highest BCUT2D eigenvalue weighted by molar-refractivity contribution is 7.98. The number of nitrogens with one attached hydrogen (secondary N) is 1. The molecular formula is C10H10N2O2S. The van der Waals surface area contributed by atoms with Crippen LogP contribution in [0.2, 0.25) is 0 Å². The first kappa shape index (κ1) is 10.0. The van der Waals surface area contributed by atoms with Crippen LogP contribution >= 0.6 is 11.8 Å². The predicted octanol–water partition coefficient (Wildman–Crippen LogP) is 1.46. The van der Waals surface area contributed by atoms with Crippen molar-refractivity contribution >= 4 is 29.4 Å². The van der Waals surface area contributed by atoms with Crippen molar-refractivity contribution in [2.45, 2.75) is 4.90 Å². The second kappa shape index (κ2) is 3.94. The van der Waals surface area contributed by atoms with Crippen LogP contribution in [0.5, 0.6) is 0 Å². The van der Waals surface area contributed by atoms with Crippen molar-refractivity contribution in [3.05, 3.63) is 24.3 Å². The minimum atomic E-state index is -0.349. The van der Waals surface area contributed by atoms with Gasteiger partial charge >= 0.3 is 6.03 Å². The third-order valence-electron chi connectivity index (χ3n) is 2.16. The molecule has 1 aromatic carbocycles. The Bertz CT molecular complexity index is 420. The van der Waals surface area contributed by atoms with Gasteiger partial charge < -0.3 is 0 Å². The molecule has 0 radical (unpaired) electrons. The van der Waals surface area contributed by atoms with Crippen molar-refractivity contribution in [2.24, 2.45) is 0 Å². The Morgan fingerprint density at radius 3 is 2.80 bits per heavy atom. The number of urea groups is 1. The van der Waals surface area contributed by atoms with Gasteiger partial charge in [0.2, 0.25) is 5.91 Å². The summed E-state index contributed by atoms with van der Waals surface area (Å²) in [6.45, 7) is 0.108. The Balaban J connectivity index is 2.29. The van der Waals surface area contributed by atoms with Gasteiger partial charge in [-0.3, -0.25) is 15.0 Å². The number of thioether (sulfide) groups is 1. The molecule has 1 saturated heterocycles. The molecule has 4 nitrogen and oxygen atoms in total. The Labute approximate surface area is 91.6 Å². The number of benzene rings is 1. The summed E-state index contributed by atoms with van der Waals surface area (Å²) in [6.07, 6.45) is 1.97. The van der Waals surface area contributed by atoms with Gasteiger partial charge in [0, 0.05) is 10.6 Å². The van der Waals surface area contributed by atoms with E-state index >= 15 is 0 Å². The molecule has 2 rings (SSSR count). The van der Waals surface area contributed by atoms with E-state index < -0.39 is 0 Å². The summed E-state index contributed by atoms with van der Waals surface area (Å²) in [5, 5.41) is 2.24. The molecule has 15 heavy (non-hydrogen) atoms. The number of carbonyl (C=O) groups excluding carboxylic acids is 2. The Morgan fingerprint density at radius 2 is 2.20 bits per heavy atom. The van der Waals surface area contributed by atoms with Gasteiger partial charge in [-0.05, 0) is 24.5 Å². The van der Waals surface area contributed by atoms with Gasteiger partial charge in [-0.25, -0.2) is 4.79 Å². The standard InChI is InChI=1S/C10H10N2O2S/c1-15-8-4-2-3-7(5-8)12-6-9(13)11-10(12)14/h2-5H,6H2,1H3,(H,11,13,14). The molecule has 1 N–H and O–H groups in total. The molecule has 0 aromatic heterocycles. The van der Waals surface area contributed by atoms with Crippen LogP contribution in [0.4, 0.5) is 10.5 Å². The lowest BCUT2D eigenvalue weighted by molar-refractivity contribution is -0.117. The molecule has 1 aliphatic rings. The Hall–Kier alpha value is -1.49. The lowest BCUT2D eigenvalue weighted by Gasteiger charge is -2.13. The highest BCUT2D eigenvalue weighted by Gasteiger charge is 2.27. The number of hydrogen-bond donors (Lipinski definition) is 1. The molecular weight excluding hydrogens is 212 g/mol. The smallest absolute Gasteiger partial charge is 0.285 e. The van der Waals surface area contributed by atoms with Crippen molar-refractivity contribution in [1.29, 1.82) is 0 Å². The lowest BCUT2D eigenvalue weighted by atomic mass is 10.3. The van der Waals surface area contributed by atoms with Crippen LogP contribution in [-0.2, 0) is 4.79 Å². The highest BCUT2D eigenvalue weighted by Crippen LogP contribution is 2.23. The molecule has 5 heteroatoms. The van der Waals surface area contributed by atoms with E-state index in [0.29, 0.717) is 0 Å². The number of nitrogens with zero attached hydrogens (tertiary/aromatic N) is 1. The van der Waals surface area contributed by atoms with Gasteiger partial charge in [0.05, 0.1) is 0 Å². The number of hydrogen-bond acceptors (Lipinski definition) is 3. The van der Waals surface area contributed by atoms with Gasteiger partial charge in [-0.2, -0.15) is 0 Å². The number of carbonyl (C=O) groups is 2. The minimum Gasteiger partial charge on any atom is -0.285 e. The van der Waals surface area contributed by atoms with Gasteiger partial charge in [-0.1, -0.05) is 6.07 Å². The molecule has 0 spiro atoms. The monoisotopic (exact) mass is 222 g/mol. The fraction of sp³-hybridized carbons (Fsp3) is 0.200. The molecule has 0 atom stereocenters. The first-order valence-corrected chi connectivity index (χ1v) is 5.68. The molecule has 78 valence electrons. The molecule has 0 aliphatic carbocycles. The van der Waals surface area contributed by atoms with E-state index in [1.807, 2.05) is 30.5 Å². The molecule has 1 heterocycles. The second-order valence-electron chi connectivity index (χ2n) is 3.14. The van der Waals surface area contributed by atoms with E-state index in [4.69, 9.17) is 0 Å². The number of anilines is 1. The van der Waals surface area contributed by atoms with Crippen molar-refractivity contribution in [3.63, 3.8) is 0 Å². The van der Waals surface area contributed by atoms with E-state index in [-0.39, 0.29) is 18.5 Å². The Morgan fingerprint density at radius 1 is 1.40 bits per heavy atom. The normalized spacial score (nSPS) is 15.7. The average molecular weight is 222 g/mol. The van der Waals surface area contributed by atoms with Crippen molar-refractivity contribution in [1.82, 2.24) is 5.32 Å². The fourth-order valence-corrected chi connectivity index (χ4v) is 1.88. The van der Waals surface area contributed by atoms with Crippen molar-refractivity contribution in [2.75, 3.05) is 17.7 Å². The summed E-state index contributed by atoms with van der Waals surface area (Å²) in [4.78, 5) is 24.9. The molecule has 1 fully saturated rings. The van der Waals surface area contributed by atoms with Gasteiger partial charge in [0.25, 0.3) is 0 Å². The molecule has 3 amide bonds. The summed E-state index contributed by atoms with van der Waals surface area (Å²) >= 11 is 1.60. The fourth-order valence-electron chi connectivity index (χ4n) is 1.43. The van der Waals surface area contributed by atoms with Crippen LogP contribution in [0, 0.1) is 0 Å². The maximum Gasteiger partial charge on any atom is 0.329 e. The third kappa shape index (κ3) is 1.97. The van der Waals surface area contributed by atoms with Crippen LogP contribution in [-0.4, -0.2) is 24.7 Å². The maximum atomic E-state index is 11.4. The van der Waals surface area contributed by atoms with Crippen LogP contribution in [0.15, 0.2) is 29.2 Å². The van der Waals surface area contributed by atoms with Crippen molar-refractivity contribution in [3.8, 4) is 0 Å². The molecule has 0 bridgehead atoms. The minimum absolute atomic E-state index is 0.108. The SMILES string of the molecule is CSc1cccc(N2CC(=O)NC2=O)c1. The zero-order valence-corrected chi connectivity index (χ0v) is 9.00. The van der Waals surface area contributed by atoms with E-state index in [1.165, 1.54) is 4.90 Å². The van der Waals surface area contributed by atoms with E-state index in [0.717, 1.165) is 10.6 Å². The zero-order chi connectivity index (χ0) is 10.8. The van der Waals surface area contributed by atoms with Crippen LogP contribution < -0.4 is 10.2 Å².